The van der Waals surface area contributed by atoms with Crippen molar-refractivity contribution >= 4 is 28.3 Å². The summed E-state index contributed by atoms with van der Waals surface area (Å²) in [6.45, 7) is 2.55. The molecule has 1 saturated heterocycles. The summed E-state index contributed by atoms with van der Waals surface area (Å²) in [7, 11) is 1.49. The zero-order valence-corrected chi connectivity index (χ0v) is 20.6. The van der Waals surface area contributed by atoms with E-state index in [9.17, 15) is 9.59 Å². The fraction of sp³-hybridized carbons (Fsp3) is 0.296. The highest BCUT2D eigenvalue weighted by atomic mass is 16.5. The monoisotopic (exact) mass is 502 g/mol. The van der Waals surface area contributed by atoms with Crippen molar-refractivity contribution in [2.45, 2.75) is 19.4 Å². The number of fused-ring (bicyclic) bond motifs is 1. The number of nitrogens with zero attached hydrogens (tertiary/aromatic N) is 2. The molecule has 3 aromatic rings. The van der Waals surface area contributed by atoms with Crippen molar-refractivity contribution < 1.29 is 19.1 Å². The smallest absolute Gasteiger partial charge is 0.272 e. The number of carbonyl (C=O) groups is 2. The number of hydrogen-bond acceptors (Lipinski definition) is 8. The maximum Gasteiger partial charge on any atom is 0.272 e. The van der Waals surface area contributed by atoms with Crippen molar-refractivity contribution in [3.05, 3.63) is 77.8 Å². The van der Waals surface area contributed by atoms with Crippen LogP contribution in [-0.2, 0) is 11.3 Å². The molecule has 10 nitrogen and oxygen atoms in total. The highest BCUT2D eigenvalue weighted by molar-refractivity contribution is 6.15. The van der Waals surface area contributed by atoms with E-state index in [0.29, 0.717) is 49.4 Å². The van der Waals surface area contributed by atoms with Crippen molar-refractivity contribution in [3.63, 3.8) is 0 Å². The zero-order chi connectivity index (χ0) is 25.6. The van der Waals surface area contributed by atoms with E-state index in [-0.39, 0.29) is 17.5 Å². The van der Waals surface area contributed by atoms with E-state index in [1.165, 1.54) is 7.11 Å². The van der Waals surface area contributed by atoms with E-state index in [0.717, 1.165) is 29.2 Å². The molecule has 5 rings (SSSR count). The van der Waals surface area contributed by atoms with Crippen molar-refractivity contribution in [1.82, 2.24) is 26.3 Å². The molecule has 0 bridgehead atoms. The van der Waals surface area contributed by atoms with Crippen molar-refractivity contribution in [2.75, 3.05) is 32.2 Å². The van der Waals surface area contributed by atoms with Crippen LogP contribution in [0.3, 0.4) is 0 Å². The maximum atomic E-state index is 13.5. The third-order valence-electron chi connectivity index (χ3n) is 6.58. The number of methoxy groups -OCH3 is 1. The standard InChI is InChI=1S/C27H30N6O4/c1-36-24-9-8-23(25(31-24)27(35)28-16-18-10-14-37-15-11-18)30-26(34)22-7-6-19(17-33-13-12-29-32-33)20-4-2-3-5-21(20)22/h2-9,12-13,18,29,32H,10-11,14-17H2,1H3,(H,28,35)(H,30,34). The van der Waals surface area contributed by atoms with E-state index in [2.05, 4.69) is 26.6 Å². The number of ether oxygens (including phenoxy) is 2. The highest BCUT2D eigenvalue weighted by Gasteiger charge is 2.21. The van der Waals surface area contributed by atoms with Gasteiger partial charge in [0.15, 0.2) is 5.69 Å². The van der Waals surface area contributed by atoms with Gasteiger partial charge in [0.1, 0.15) is 0 Å². The first-order valence-corrected chi connectivity index (χ1v) is 12.3. The molecule has 192 valence electrons. The summed E-state index contributed by atoms with van der Waals surface area (Å²) < 4.78 is 10.6. The fourth-order valence-corrected chi connectivity index (χ4v) is 4.55. The van der Waals surface area contributed by atoms with Gasteiger partial charge in [0.2, 0.25) is 5.88 Å². The first-order chi connectivity index (χ1) is 18.1. The Kier molecular flexibility index (Phi) is 7.48. The molecule has 2 aromatic carbocycles. The van der Waals surface area contributed by atoms with E-state index < -0.39 is 0 Å². The van der Waals surface area contributed by atoms with Gasteiger partial charge in [-0.05, 0) is 47.2 Å². The number of nitrogens with one attached hydrogen (secondary N) is 4. The molecule has 4 N–H and O–H groups in total. The number of amides is 2. The molecule has 1 aromatic heterocycles. The van der Waals surface area contributed by atoms with E-state index in [1.54, 1.807) is 12.1 Å². The molecule has 2 amide bonds. The number of benzene rings is 2. The first-order valence-electron chi connectivity index (χ1n) is 12.3. The molecular formula is C27H30N6O4. The summed E-state index contributed by atoms with van der Waals surface area (Å²) in [5.74, 6) is -0.0360. The van der Waals surface area contributed by atoms with Gasteiger partial charge in [-0.2, -0.15) is 0 Å². The molecule has 0 aliphatic carbocycles. The van der Waals surface area contributed by atoms with Crippen molar-refractivity contribution in [1.29, 1.82) is 0 Å². The van der Waals surface area contributed by atoms with Gasteiger partial charge in [-0.15, -0.1) is 5.53 Å². The second-order valence-electron chi connectivity index (χ2n) is 8.99. The lowest BCUT2D eigenvalue weighted by Crippen LogP contribution is -2.34. The third-order valence-corrected chi connectivity index (χ3v) is 6.58. The van der Waals surface area contributed by atoms with E-state index in [1.807, 2.05) is 53.8 Å². The zero-order valence-electron chi connectivity index (χ0n) is 20.6. The van der Waals surface area contributed by atoms with Crippen LogP contribution >= 0.6 is 0 Å². The van der Waals surface area contributed by atoms with Gasteiger partial charge in [0.25, 0.3) is 11.8 Å². The maximum absolute atomic E-state index is 13.5. The van der Waals surface area contributed by atoms with Crippen molar-refractivity contribution in [2.24, 2.45) is 5.92 Å². The predicted molar refractivity (Wildman–Crippen MR) is 140 cm³/mol. The quantitative estimate of drug-likeness (QED) is 0.372. The number of hydrazine groups is 2. The minimum atomic E-state index is -0.360. The molecule has 1 fully saturated rings. The summed E-state index contributed by atoms with van der Waals surface area (Å²) in [4.78, 5) is 30.9. The fourth-order valence-electron chi connectivity index (χ4n) is 4.55. The van der Waals surface area contributed by atoms with Crippen LogP contribution in [0.5, 0.6) is 5.88 Å². The Hall–Kier alpha value is -4.15. The predicted octanol–water partition coefficient (Wildman–Crippen LogP) is 2.95. The molecule has 2 aliphatic rings. The second-order valence-corrected chi connectivity index (χ2v) is 8.99. The Morgan fingerprint density at radius 2 is 1.89 bits per heavy atom. The van der Waals surface area contributed by atoms with E-state index in [4.69, 9.17) is 9.47 Å². The number of aromatic nitrogens is 1. The summed E-state index contributed by atoms with van der Waals surface area (Å²) in [6, 6.07) is 14.8. The summed E-state index contributed by atoms with van der Waals surface area (Å²) in [5, 5.41) is 9.56. The molecule has 37 heavy (non-hydrogen) atoms. The lowest BCUT2D eigenvalue weighted by Gasteiger charge is -2.22. The van der Waals surface area contributed by atoms with Crippen LogP contribution in [0, 0.1) is 5.92 Å². The van der Waals surface area contributed by atoms with Crippen LogP contribution < -0.4 is 26.3 Å². The first kappa shape index (κ1) is 24.5. The third kappa shape index (κ3) is 5.65. The number of carbonyl (C=O) groups excluding carboxylic acids is 2. The molecule has 0 atom stereocenters. The van der Waals surface area contributed by atoms with Gasteiger partial charge in [0.05, 0.1) is 19.3 Å². The average molecular weight is 503 g/mol. The molecule has 2 aliphatic heterocycles. The summed E-state index contributed by atoms with van der Waals surface area (Å²) in [6.07, 6.45) is 5.52. The topological polar surface area (TPSA) is 117 Å². The molecule has 0 unspecified atom stereocenters. The van der Waals surface area contributed by atoms with Gasteiger partial charge in [0, 0.05) is 43.8 Å². The average Bonchev–Trinajstić information content (AvgIpc) is 3.46. The molecule has 10 heteroatoms. The van der Waals surface area contributed by atoms with Crippen LogP contribution in [-0.4, -0.2) is 48.7 Å². The Morgan fingerprint density at radius 3 is 2.65 bits per heavy atom. The number of rotatable bonds is 8. The minimum Gasteiger partial charge on any atom is -0.481 e. The van der Waals surface area contributed by atoms with Gasteiger partial charge in [-0.3, -0.25) is 14.6 Å². The number of anilines is 1. The van der Waals surface area contributed by atoms with Crippen LogP contribution in [0.2, 0.25) is 0 Å². The van der Waals surface area contributed by atoms with Crippen LogP contribution in [0.1, 0.15) is 39.3 Å². The molecule has 0 saturated carbocycles. The van der Waals surface area contributed by atoms with Crippen molar-refractivity contribution in [3.8, 4) is 5.88 Å². The lowest BCUT2D eigenvalue weighted by atomic mass is 9.98. The summed E-state index contributed by atoms with van der Waals surface area (Å²) >= 11 is 0. The lowest BCUT2D eigenvalue weighted by molar-refractivity contribution is 0.0642. The number of hydrogen-bond donors (Lipinski definition) is 4. The SMILES string of the molecule is COc1ccc(NC(=O)c2ccc(CN3C=CNN3)c3ccccc23)c(C(=O)NCC2CCOCC2)n1. The Morgan fingerprint density at radius 1 is 1.08 bits per heavy atom. The van der Waals surface area contributed by atoms with Gasteiger partial charge < -0.3 is 25.5 Å². The van der Waals surface area contributed by atoms with Gasteiger partial charge in [-0.25, -0.2) is 4.98 Å². The van der Waals surface area contributed by atoms with Crippen LogP contribution in [0.25, 0.3) is 10.8 Å². The largest absolute Gasteiger partial charge is 0.481 e. The van der Waals surface area contributed by atoms with Crippen LogP contribution in [0.4, 0.5) is 5.69 Å². The molecule has 0 spiro atoms. The molecular weight excluding hydrogens is 472 g/mol. The van der Waals surface area contributed by atoms with Crippen LogP contribution in [0.15, 0.2) is 60.9 Å². The normalized spacial score (nSPS) is 15.4. The Balaban J connectivity index is 1.38. The Bertz CT molecular complexity index is 1320. The number of pyridine rings is 1. The van der Waals surface area contributed by atoms with Gasteiger partial charge in [-0.1, -0.05) is 30.3 Å². The second kappa shape index (κ2) is 11.3. The van der Waals surface area contributed by atoms with Gasteiger partial charge >= 0.3 is 0 Å². The molecule has 3 heterocycles. The molecule has 0 radical (unpaired) electrons. The highest BCUT2D eigenvalue weighted by Crippen LogP contribution is 2.26. The Labute approximate surface area is 215 Å². The summed E-state index contributed by atoms with van der Waals surface area (Å²) in [5.41, 5.74) is 7.95. The minimum absolute atomic E-state index is 0.111. The van der Waals surface area contributed by atoms with E-state index >= 15 is 0 Å².